The number of hydrogen-bond donors (Lipinski definition) is 1. The molecule has 1 heterocycles. The van der Waals surface area contributed by atoms with Gasteiger partial charge >= 0.3 is 5.97 Å². The summed E-state index contributed by atoms with van der Waals surface area (Å²) in [6.07, 6.45) is 2.11. The number of fused-ring (bicyclic) bond motifs is 1. The highest BCUT2D eigenvalue weighted by Crippen LogP contribution is 2.20. The number of aromatic nitrogens is 2. The van der Waals surface area contributed by atoms with E-state index < -0.39 is 5.97 Å². The van der Waals surface area contributed by atoms with Gasteiger partial charge in [0.05, 0.1) is 16.6 Å². The molecule has 19 heavy (non-hydrogen) atoms. The Morgan fingerprint density at radius 3 is 2.89 bits per heavy atom. The number of aromatic carboxylic acids is 1. The maximum absolute atomic E-state index is 11.0. The summed E-state index contributed by atoms with van der Waals surface area (Å²) in [5, 5.41) is 9.00. The molecule has 0 fully saturated rings. The van der Waals surface area contributed by atoms with E-state index in [1.165, 1.54) is 0 Å². The van der Waals surface area contributed by atoms with Gasteiger partial charge in [-0.1, -0.05) is 6.92 Å². The number of thioether (sulfide) groups is 1. The molecule has 0 bridgehead atoms. The van der Waals surface area contributed by atoms with Crippen LogP contribution in [0.5, 0.6) is 0 Å². The molecule has 0 aliphatic rings. The van der Waals surface area contributed by atoms with Crippen molar-refractivity contribution >= 4 is 28.8 Å². The Hall–Kier alpha value is -1.49. The molecule has 0 spiro atoms. The zero-order valence-electron chi connectivity index (χ0n) is 11.4. The molecule has 0 radical (unpaired) electrons. The minimum Gasteiger partial charge on any atom is -0.478 e. The molecule has 0 amide bonds. The standard InChI is InChI=1S/C14H18N2O2S/c1-9(8-19-3)7-16-10(2)15-12-6-11(14(17)18)4-5-13(12)16/h4-6,9H,7-8H2,1-3H3,(H,17,18). The van der Waals surface area contributed by atoms with Crippen molar-refractivity contribution in [3.8, 4) is 0 Å². The van der Waals surface area contributed by atoms with Crippen molar-refractivity contribution < 1.29 is 9.90 Å². The number of carboxylic acid groups (broad SMARTS) is 1. The van der Waals surface area contributed by atoms with Gasteiger partial charge < -0.3 is 9.67 Å². The second kappa shape index (κ2) is 5.65. The molecule has 1 aromatic carbocycles. The summed E-state index contributed by atoms with van der Waals surface area (Å²) in [5.41, 5.74) is 2.05. The van der Waals surface area contributed by atoms with Gasteiger partial charge in [0.1, 0.15) is 5.82 Å². The predicted octanol–water partition coefficient (Wildman–Crippen LogP) is 3.04. The molecule has 0 saturated heterocycles. The maximum atomic E-state index is 11.0. The van der Waals surface area contributed by atoms with Gasteiger partial charge in [0, 0.05) is 6.54 Å². The van der Waals surface area contributed by atoms with Gasteiger partial charge in [-0.25, -0.2) is 9.78 Å². The Labute approximate surface area is 116 Å². The molecule has 1 atom stereocenters. The zero-order valence-corrected chi connectivity index (χ0v) is 12.2. The van der Waals surface area contributed by atoms with Crippen LogP contribution >= 0.6 is 11.8 Å². The number of aryl methyl sites for hydroxylation is 1. The molecule has 1 unspecified atom stereocenters. The lowest BCUT2D eigenvalue weighted by molar-refractivity contribution is 0.0697. The van der Waals surface area contributed by atoms with E-state index in [1.807, 2.05) is 24.8 Å². The van der Waals surface area contributed by atoms with E-state index in [9.17, 15) is 4.79 Å². The SMILES string of the molecule is CSCC(C)Cn1c(C)nc2cc(C(=O)O)ccc21. The summed E-state index contributed by atoms with van der Waals surface area (Å²) in [5.74, 6) is 1.69. The first-order valence-electron chi connectivity index (χ1n) is 6.22. The van der Waals surface area contributed by atoms with Crippen LogP contribution < -0.4 is 0 Å². The Balaban J connectivity index is 2.39. The van der Waals surface area contributed by atoms with E-state index in [0.29, 0.717) is 5.92 Å². The summed E-state index contributed by atoms with van der Waals surface area (Å²) in [6, 6.07) is 5.13. The van der Waals surface area contributed by atoms with Crippen molar-refractivity contribution in [2.45, 2.75) is 20.4 Å². The molecule has 5 heteroatoms. The van der Waals surface area contributed by atoms with Crippen LogP contribution in [-0.2, 0) is 6.54 Å². The van der Waals surface area contributed by atoms with Crippen molar-refractivity contribution in [3.05, 3.63) is 29.6 Å². The quantitative estimate of drug-likeness (QED) is 0.913. The lowest BCUT2D eigenvalue weighted by Crippen LogP contribution is -2.11. The summed E-state index contributed by atoms with van der Waals surface area (Å²) in [4.78, 5) is 15.4. The van der Waals surface area contributed by atoms with Crippen molar-refractivity contribution in [3.63, 3.8) is 0 Å². The van der Waals surface area contributed by atoms with Gasteiger partial charge in [0.15, 0.2) is 0 Å². The summed E-state index contributed by atoms with van der Waals surface area (Å²) < 4.78 is 2.17. The van der Waals surface area contributed by atoms with Crippen LogP contribution in [0.15, 0.2) is 18.2 Å². The van der Waals surface area contributed by atoms with Crippen LogP contribution in [-0.4, -0.2) is 32.6 Å². The Morgan fingerprint density at radius 1 is 1.53 bits per heavy atom. The molecule has 2 aromatic rings. The van der Waals surface area contributed by atoms with E-state index >= 15 is 0 Å². The highest BCUT2D eigenvalue weighted by atomic mass is 32.2. The molecule has 0 aliphatic carbocycles. The number of imidazole rings is 1. The monoisotopic (exact) mass is 278 g/mol. The number of hydrogen-bond acceptors (Lipinski definition) is 3. The fourth-order valence-electron chi connectivity index (χ4n) is 2.26. The Morgan fingerprint density at radius 2 is 2.26 bits per heavy atom. The van der Waals surface area contributed by atoms with Crippen LogP contribution in [0, 0.1) is 12.8 Å². The number of rotatable bonds is 5. The first kappa shape index (κ1) is 13.9. The molecular weight excluding hydrogens is 260 g/mol. The predicted molar refractivity (Wildman–Crippen MR) is 79.0 cm³/mol. The summed E-state index contributed by atoms with van der Waals surface area (Å²) in [6.45, 7) is 5.09. The maximum Gasteiger partial charge on any atom is 0.335 e. The van der Waals surface area contributed by atoms with Crippen LogP contribution in [0.3, 0.4) is 0 Å². The molecule has 0 aliphatic heterocycles. The molecule has 0 saturated carbocycles. The lowest BCUT2D eigenvalue weighted by atomic mass is 10.2. The van der Waals surface area contributed by atoms with Crippen molar-refractivity contribution in [1.82, 2.24) is 9.55 Å². The van der Waals surface area contributed by atoms with Gasteiger partial charge in [-0.15, -0.1) is 0 Å². The van der Waals surface area contributed by atoms with Gasteiger partial charge in [-0.3, -0.25) is 0 Å². The third kappa shape index (κ3) is 2.92. The second-order valence-corrected chi connectivity index (χ2v) is 5.75. The highest BCUT2D eigenvalue weighted by molar-refractivity contribution is 7.98. The number of nitrogens with zero attached hydrogens (tertiary/aromatic N) is 2. The minimum atomic E-state index is -0.912. The molecule has 2 rings (SSSR count). The molecule has 1 aromatic heterocycles. The minimum absolute atomic E-state index is 0.286. The fourth-order valence-corrected chi connectivity index (χ4v) is 2.94. The van der Waals surface area contributed by atoms with E-state index in [0.717, 1.165) is 29.2 Å². The van der Waals surface area contributed by atoms with Gasteiger partial charge in [-0.2, -0.15) is 11.8 Å². The normalized spacial score (nSPS) is 12.8. The number of carboxylic acids is 1. The Bertz CT molecular complexity index is 607. The average Bonchev–Trinajstić information content (AvgIpc) is 2.65. The first-order valence-corrected chi connectivity index (χ1v) is 7.61. The summed E-state index contributed by atoms with van der Waals surface area (Å²) in [7, 11) is 0. The fraction of sp³-hybridized carbons (Fsp3) is 0.429. The van der Waals surface area contributed by atoms with E-state index in [1.54, 1.807) is 12.1 Å². The molecule has 4 nitrogen and oxygen atoms in total. The average molecular weight is 278 g/mol. The van der Waals surface area contributed by atoms with Crippen molar-refractivity contribution in [2.24, 2.45) is 5.92 Å². The van der Waals surface area contributed by atoms with Gasteiger partial charge in [-0.05, 0) is 43.0 Å². The van der Waals surface area contributed by atoms with E-state index in [4.69, 9.17) is 5.11 Å². The highest BCUT2D eigenvalue weighted by Gasteiger charge is 2.12. The van der Waals surface area contributed by atoms with Crippen molar-refractivity contribution in [2.75, 3.05) is 12.0 Å². The van der Waals surface area contributed by atoms with Gasteiger partial charge in [0.25, 0.3) is 0 Å². The van der Waals surface area contributed by atoms with Crippen molar-refractivity contribution in [1.29, 1.82) is 0 Å². The van der Waals surface area contributed by atoms with Crippen LogP contribution in [0.25, 0.3) is 11.0 Å². The lowest BCUT2D eigenvalue weighted by Gasteiger charge is -2.13. The van der Waals surface area contributed by atoms with E-state index in [-0.39, 0.29) is 5.56 Å². The Kier molecular flexibility index (Phi) is 4.14. The summed E-state index contributed by atoms with van der Waals surface area (Å²) >= 11 is 1.84. The largest absolute Gasteiger partial charge is 0.478 e. The molecule has 1 N–H and O–H groups in total. The van der Waals surface area contributed by atoms with Gasteiger partial charge in [0.2, 0.25) is 0 Å². The smallest absolute Gasteiger partial charge is 0.335 e. The molecule has 102 valence electrons. The topological polar surface area (TPSA) is 55.1 Å². The zero-order chi connectivity index (χ0) is 14.0. The van der Waals surface area contributed by atoms with Crippen LogP contribution in [0.2, 0.25) is 0 Å². The third-order valence-corrected chi connectivity index (χ3v) is 4.03. The number of benzene rings is 1. The third-order valence-electron chi connectivity index (χ3n) is 3.13. The van der Waals surface area contributed by atoms with Crippen LogP contribution in [0.4, 0.5) is 0 Å². The van der Waals surface area contributed by atoms with E-state index in [2.05, 4.69) is 22.7 Å². The second-order valence-electron chi connectivity index (χ2n) is 4.84. The number of carbonyl (C=O) groups is 1. The first-order chi connectivity index (χ1) is 9.02. The molecular formula is C14H18N2O2S. The van der Waals surface area contributed by atoms with Crippen LogP contribution in [0.1, 0.15) is 23.1 Å².